The second kappa shape index (κ2) is 37.9. The Bertz CT molecular complexity index is 2710. The fourth-order valence-electron chi connectivity index (χ4n) is 7.30. The molecule has 0 heterocycles. The highest BCUT2D eigenvalue weighted by Crippen LogP contribution is 2.18. The lowest BCUT2D eigenvalue weighted by Crippen LogP contribution is -2.29. The minimum atomic E-state index is -0.341. The van der Waals surface area contributed by atoms with Gasteiger partial charge in [0.25, 0.3) is 0 Å². The molecule has 3 N–H and O–H groups in total. The summed E-state index contributed by atoms with van der Waals surface area (Å²) in [5.41, 5.74) is 5.36. The van der Waals surface area contributed by atoms with E-state index in [1.165, 1.54) is 6.08 Å². The monoisotopic (exact) mass is 1080 g/mol. The van der Waals surface area contributed by atoms with E-state index in [2.05, 4.69) is 29.5 Å². The van der Waals surface area contributed by atoms with Crippen LogP contribution in [0.15, 0.2) is 176 Å². The smallest absolute Gasteiger partial charge is 0.247 e. The molecule has 0 aliphatic carbocycles. The lowest BCUT2D eigenvalue weighted by atomic mass is 10.0. The minimum absolute atomic E-state index is 0.0396. The predicted octanol–water partition coefficient (Wildman–Crippen LogP) is 11.2. The minimum Gasteiger partial charge on any atom is -0.382 e. The normalized spacial score (nSPS) is 11.3. The summed E-state index contributed by atoms with van der Waals surface area (Å²) in [5.74, 6) is -0.832. The molecule has 0 bridgehead atoms. The average Bonchev–Trinajstić information content (AvgIpc) is 3.50. The van der Waals surface area contributed by atoms with Crippen molar-refractivity contribution in [1.82, 2.24) is 0 Å². The maximum Gasteiger partial charge on any atom is 0.247 e. The fraction of sp³-hybridized carbons (Fsp3) is 0.312. The highest BCUT2D eigenvalue weighted by molar-refractivity contribution is 6.10. The Hall–Kier alpha value is -7.76. The molecule has 79 heavy (non-hydrogen) atoms. The third-order valence-electron chi connectivity index (χ3n) is 11.6. The number of benzene rings is 6. The summed E-state index contributed by atoms with van der Waals surface area (Å²) >= 11 is 0. The summed E-state index contributed by atoms with van der Waals surface area (Å²) in [7, 11) is 3.24. The Morgan fingerprint density at radius 1 is 0.430 bits per heavy atom. The zero-order valence-electron chi connectivity index (χ0n) is 45.8. The van der Waals surface area contributed by atoms with Crippen LogP contribution in [-0.2, 0) is 42.8 Å². The van der Waals surface area contributed by atoms with Crippen molar-refractivity contribution in [3.05, 3.63) is 210 Å². The Balaban J connectivity index is 0.000000363. The van der Waals surface area contributed by atoms with E-state index in [4.69, 9.17) is 28.4 Å². The second-order valence-electron chi connectivity index (χ2n) is 17.8. The van der Waals surface area contributed by atoms with Gasteiger partial charge in [-0.2, -0.15) is 0 Å². The van der Waals surface area contributed by atoms with Crippen molar-refractivity contribution in [2.45, 2.75) is 64.6 Å². The second-order valence-corrected chi connectivity index (χ2v) is 17.8. The molecule has 0 fully saturated rings. The molecular weight excluding hydrogens is 1000 g/mol. The van der Waals surface area contributed by atoms with Crippen LogP contribution in [0.5, 0.6) is 0 Å². The molecule has 0 aliphatic heterocycles. The number of hydrogen-bond acceptors (Lipinski definition) is 12. The molecule has 15 nitrogen and oxygen atoms in total. The lowest BCUT2D eigenvalue weighted by Gasteiger charge is -2.22. The number of rotatable bonds is 32. The van der Waals surface area contributed by atoms with Crippen molar-refractivity contribution >= 4 is 52.1 Å². The molecule has 2 unspecified atom stereocenters. The van der Waals surface area contributed by atoms with E-state index in [1.807, 2.05) is 61.5 Å². The molecule has 0 aliphatic rings. The van der Waals surface area contributed by atoms with Gasteiger partial charge in [-0.05, 0) is 105 Å². The Kier molecular flexibility index (Phi) is 30.6. The van der Waals surface area contributed by atoms with E-state index in [-0.39, 0.29) is 66.7 Å². The van der Waals surface area contributed by atoms with E-state index in [0.717, 1.165) is 19.4 Å². The first-order valence-electron chi connectivity index (χ1n) is 26.5. The van der Waals surface area contributed by atoms with Crippen LogP contribution in [0, 0.1) is 0 Å². The Labute approximate surface area is 465 Å². The van der Waals surface area contributed by atoms with Crippen molar-refractivity contribution < 1.29 is 57.2 Å². The predicted molar refractivity (Wildman–Crippen MR) is 309 cm³/mol. The zero-order valence-corrected chi connectivity index (χ0v) is 45.8. The van der Waals surface area contributed by atoms with E-state index in [0.29, 0.717) is 103 Å². The summed E-state index contributed by atoms with van der Waals surface area (Å²) in [5, 5.41) is 8.38. The van der Waals surface area contributed by atoms with Crippen LogP contribution >= 0.6 is 0 Å². The maximum atomic E-state index is 12.8. The van der Waals surface area contributed by atoms with Gasteiger partial charge in [-0.15, -0.1) is 0 Å². The molecule has 6 aromatic rings. The van der Waals surface area contributed by atoms with E-state index in [1.54, 1.807) is 123 Å². The van der Waals surface area contributed by atoms with E-state index >= 15 is 0 Å². The molecule has 0 saturated heterocycles. The summed E-state index contributed by atoms with van der Waals surface area (Å²) in [6.45, 7) is 12.1. The molecule has 0 spiro atoms. The van der Waals surface area contributed by atoms with Crippen molar-refractivity contribution in [3.8, 4) is 0 Å². The van der Waals surface area contributed by atoms with Crippen molar-refractivity contribution in [3.63, 3.8) is 0 Å². The molecule has 0 radical (unpaired) electrons. The zero-order chi connectivity index (χ0) is 56.9. The van der Waals surface area contributed by atoms with E-state index in [9.17, 15) is 28.8 Å². The largest absolute Gasteiger partial charge is 0.382 e. The van der Waals surface area contributed by atoms with Gasteiger partial charge in [0.15, 0.2) is 17.3 Å². The highest BCUT2D eigenvalue weighted by atomic mass is 16.6. The number of ether oxygens (including phenoxy) is 6. The van der Waals surface area contributed by atoms with Gasteiger partial charge in [0.2, 0.25) is 17.7 Å². The number of ketones is 3. The van der Waals surface area contributed by atoms with Gasteiger partial charge in [0, 0.05) is 90.7 Å². The number of carbonyl (C=O) groups excluding carboxylic acids is 6. The third-order valence-corrected chi connectivity index (χ3v) is 11.6. The standard InChI is InChI=1S/C40H44N2O7.C16H13NO2.C8H18O3/c1-3-26-48-27-36(23-25-38(44)42-34-20-16-32(17-21-34)40(46)30-12-8-5-9-13-30)49-28-35(47-2)22-24-37(43)41-33-18-14-31(15-19-33)39(45)29-10-6-4-7-11-29;1-2-15(18)17-14-10-8-13(9-11-14)16(19)12-6-4-3-5-7-12;1-3-4-10-7-8-11-6-5-9-2/h4-21,35-36H,3,22-28H2,1-2H3,(H,41,43)(H,42,44);2-11H,1H2,(H,17,18);3-8H2,1-2H3. The summed E-state index contributed by atoms with van der Waals surface area (Å²) in [6, 6.07) is 47.6. The summed E-state index contributed by atoms with van der Waals surface area (Å²) in [4.78, 5) is 74.0. The van der Waals surface area contributed by atoms with Crippen LogP contribution in [0.25, 0.3) is 0 Å². The van der Waals surface area contributed by atoms with Gasteiger partial charge in [0.05, 0.1) is 51.8 Å². The first kappa shape index (κ1) is 63.8. The molecule has 418 valence electrons. The Morgan fingerprint density at radius 2 is 0.785 bits per heavy atom. The van der Waals surface area contributed by atoms with Gasteiger partial charge in [-0.1, -0.05) is 111 Å². The number of nitrogens with one attached hydrogen (secondary N) is 3. The number of amides is 3. The van der Waals surface area contributed by atoms with Gasteiger partial charge in [-0.3, -0.25) is 28.8 Å². The van der Waals surface area contributed by atoms with Crippen LogP contribution < -0.4 is 16.0 Å². The lowest BCUT2D eigenvalue weighted by molar-refractivity contribution is -0.119. The highest BCUT2D eigenvalue weighted by Gasteiger charge is 2.18. The van der Waals surface area contributed by atoms with Gasteiger partial charge >= 0.3 is 0 Å². The van der Waals surface area contributed by atoms with Crippen LogP contribution in [-0.4, -0.2) is 114 Å². The topological polar surface area (TPSA) is 194 Å². The SMILES string of the molecule is C=CC(=O)Nc1ccc(C(=O)c2ccccc2)cc1.CCCOCC(CCC(=O)Nc1ccc(C(=O)c2ccccc2)cc1)OCC(CCC(=O)Nc1ccc(C(=O)c2ccccc2)cc1)OC.CCCOCCOCCOC. The van der Waals surface area contributed by atoms with Crippen molar-refractivity contribution in [2.24, 2.45) is 0 Å². The Morgan fingerprint density at radius 3 is 1.16 bits per heavy atom. The molecule has 2 atom stereocenters. The number of anilines is 3. The molecule has 3 amide bonds. The van der Waals surface area contributed by atoms with Crippen LogP contribution in [0.2, 0.25) is 0 Å². The van der Waals surface area contributed by atoms with Crippen LogP contribution in [0.1, 0.15) is 100 Å². The molecule has 0 aromatic heterocycles. The van der Waals surface area contributed by atoms with E-state index < -0.39 is 0 Å². The first-order chi connectivity index (χ1) is 38.5. The van der Waals surface area contributed by atoms with Crippen LogP contribution in [0.3, 0.4) is 0 Å². The van der Waals surface area contributed by atoms with Crippen molar-refractivity contribution in [1.29, 1.82) is 0 Å². The molecule has 0 saturated carbocycles. The van der Waals surface area contributed by atoms with Gasteiger partial charge in [-0.25, -0.2) is 0 Å². The molecule has 15 heteroatoms. The number of carbonyl (C=O) groups is 6. The molecular formula is C64H75N3O12. The fourth-order valence-corrected chi connectivity index (χ4v) is 7.30. The molecule has 6 aromatic carbocycles. The quantitative estimate of drug-likeness (QED) is 0.0206. The number of hydrogen-bond donors (Lipinski definition) is 3. The summed E-state index contributed by atoms with van der Waals surface area (Å²) < 4.78 is 32.6. The van der Waals surface area contributed by atoms with Gasteiger partial charge < -0.3 is 44.4 Å². The van der Waals surface area contributed by atoms with Crippen molar-refractivity contribution in [2.75, 3.05) is 83.0 Å². The van der Waals surface area contributed by atoms with Gasteiger partial charge in [0.1, 0.15) is 0 Å². The first-order valence-corrected chi connectivity index (χ1v) is 26.5. The molecule has 6 rings (SSSR count). The average molecular weight is 1080 g/mol. The third kappa shape index (κ3) is 25.1. The van der Waals surface area contributed by atoms with Crippen LogP contribution in [0.4, 0.5) is 17.1 Å². The summed E-state index contributed by atoms with van der Waals surface area (Å²) in [6.07, 6.45) is 3.72. The number of methoxy groups -OCH3 is 2. The maximum absolute atomic E-state index is 12.8.